The van der Waals surface area contributed by atoms with Gasteiger partial charge < -0.3 is 5.11 Å². The lowest BCUT2D eigenvalue weighted by Gasteiger charge is -2.21. The summed E-state index contributed by atoms with van der Waals surface area (Å²) < 4.78 is 25.8. The Morgan fingerprint density at radius 2 is 1.83 bits per heavy atom. The minimum atomic E-state index is -2.88. The van der Waals surface area contributed by atoms with E-state index in [4.69, 9.17) is 5.11 Å². The van der Waals surface area contributed by atoms with Gasteiger partial charge in [0.05, 0.1) is 0 Å². The molecule has 1 atom stereocenters. The van der Waals surface area contributed by atoms with Gasteiger partial charge in [-0.1, -0.05) is 33.1 Å². The molecule has 0 heterocycles. The normalized spacial score (nSPS) is 14.8. The van der Waals surface area contributed by atoms with Crippen LogP contribution in [0.15, 0.2) is 0 Å². The highest BCUT2D eigenvalue weighted by Crippen LogP contribution is 2.27. The number of halogens is 2. The molecule has 0 radical (unpaired) electrons. The van der Waals surface area contributed by atoms with Crippen LogP contribution in [0, 0.1) is 0 Å². The zero-order valence-electron chi connectivity index (χ0n) is 7.82. The summed E-state index contributed by atoms with van der Waals surface area (Å²) in [5.74, 6) is -2.88. The maximum absolute atomic E-state index is 12.9. The van der Waals surface area contributed by atoms with Crippen LogP contribution in [0.2, 0.25) is 0 Å². The first kappa shape index (κ1) is 11.8. The van der Waals surface area contributed by atoms with Gasteiger partial charge in [-0.3, -0.25) is 0 Å². The van der Waals surface area contributed by atoms with Crippen molar-refractivity contribution < 1.29 is 13.9 Å². The Balaban J connectivity index is 3.79. The van der Waals surface area contributed by atoms with Gasteiger partial charge in [-0.05, 0) is 6.42 Å². The Morgan fingerprint density at radius 3 is 2.25 bits per heavy atom. The Labute approximate surface area is 72.8 Å². The van der Waals surface area contributed by atoms with Gasteiger partial charge in [0.25, 0.3) is 5.92 Å². The lowest BCUT2D eigenvalue weighted by molar-refractivity contribution is -0.116. The summed E-state index contributed by atoms with van der Waals surface area (Å²) in [6, 6.07) is 0. The summed E-state index contributed by atoms with van der Waals surface area (Å²) in [4.78, 5) is 0. The number of alkyl halides is 2. The lowest BCUT2D eigenvalue weighted by atomic mass is 10.0. The fourth-order valence-electron chi connectivity index (χ4n) is 1.11. The highest BCUT2D eigenvalue weighted by Gasteiger charge is 2.36. The van der Waals surface area contributed by atoms with Gasteiger partial charge in [0.1, 0.15) is 6.10 Å². The van der Waals surface area contributed by atoms with Crippen LogP contribution in [0.3, 0.4) is 0 Å². The van der Waals surface area contributed by atoms with E-state index in [1.807, 2.05) is 6.92 Å². The summed E-state index contributed by atoms with van der Waals surface area (Å²) in [5, 5.41) is 9.09. The van der Waals surface area contributed by atoms with Crippen LogP contribution in [0.5, 0.6) is 0 Å². The van der Waals surface area contributed by atoms with Crippen molar-refractivity contribution in [3.63, 3.8) is 0 Å². The Kier molecular flexibility index (Phi) is 5.38. The predicted octanol–water partition coefficient (Wildman–Crippen LogP) is 2.97. The lowest BCUT2D eigenvalue weighted by Crippen LogP contribution is -2.33. The highest BCUT2D eigenvalue weighted by atomic mass is 19.3. The maximum atomic E-state index is 12.9. The van der Waals surface area contributed by atoms with Crippen molar-refractivity contribution in [3.05, 3.63) is 0 Å². The maximum Gasteiger partial charge on any atom is 0.273 e. The third kappa shape index (κ3) is 4.00. The average Bonchev–Trinajstić information content (AvgIpc) is 2.00. The smallest absolute Gasteiger partial charge is 0.273 e. The summed E-state index contributed by atoms with van der Waals surface area (Å²) in [6.07, 6.45) is 0.481. The van der Waals surface area contributed by atoms with E-state index in [-0.39, 0.29) is 12.8 Å². The van der Waals surface area contributed by atoms with Gasteiger partial charge in [0.2, 0.25) is 0 Å². The molecule has 1 unspecified atom stereocenters. The average molecular weight is 180 g/mol. The summed E-state index contributed by atoms with van der Waals surface area (Å²) in [5.41, 5.74) is 0. The highest BCUT2D eigenvalue weighted by molar-refractivity contribution is 4.75. The standard InChI is InChI=1S/C9H18F2O/c1-3-5-6-8(12)9(10,11)7-4-2/h8,12H,3-7H2,1-2H3. The molecule has 0 aromatic carbocycles. The van der Waals surface area contributed by atoms with E-state index >= 15 is 0 Å². The van der Waals surface area contributed by atoms with Crippen LogP contribution >= 0.6 is 0 Å². The first-order valence-corrected chi connectivity index (χ1v) is 4.60. The van der Waals surface area contributed by atoms with Gasteiger partial charge in [0, 0.05) is 6.42 Å². The van der Waals surface area contributed by atoms with Crippen molar-refractivity contribution in [3.8, 4) is 0 Å². The monoisotopic (exact) mass is 180 g/mol. The van der Waals surface area contributed by atoms with Crippen molar-refractivity contribution in [2.45, 2.75) is 58.0 Å². The fraction of sp³-hybridized carbons (Fsp3) is 1.00. The summed E-state index contributed by atoms with van der Waals surface area (Å²) in [6.45, 7) is 3.62. The second-order valence-corrected chi connectivity index (χ2v) is 3.17. The fourth-order valence-corrected chi connectivity index (χ4v) is 1.11. The van der Waals surface area contributed by atoms with Gasteiger partial charge in [-0.25, -0.2) is 8.78 Å². The molecular formula is C9H18F2O. The molecule has 0 aromatic rings. The van der Waals surface area contributed by atoms with Crippen molar-refractivity contribution in [2.24, 2.45) is 0 Å². The molecule has 0 aliphatic heterocycles. The van der Waals surface area contributed by atoms with E-state index in [1.165, 1.54) is 0 Å². The number of hydrogen-bond donors (Lipinski definition) is 1. The van der Waals surface area contributed by atoms with Crippen LogP contribution in [0.4, 0.5) is 8.78 Å². The molecule has 0 spiro atoms. The molecular weight excluding hydrogens is 162 g/mol. The molecule has 0 aliphatic carbocycles. The van der Waals surface area contributed by atoms with E-state index in [9.17, 15) is 8.78 Å². The van der Waals surface area contributed by atoms with Crippen LogP contribution in [0.25, 0.3) is 0 Å². The SMILES string of the molecule is CCCCC(O)C(F)(F)CCC. The molecule has 0 saturated carbocycles. The van der Waals surface area contributed by atoms with E-state index in [0.717, 1.165) is 6.42 Å². The zero-order chi connectivity index (χ0) is 9.61. The van der Waals surface area contributed by atoms with Crippen molar-refractivity contribution in [2.75, 3.05) is 0 Å². The molecule has 3 heteroatoms. The second kappa shape index (κ2) is 5.46. The molecule has 74 valence electrons. The zero-order valence-corrected chi connectivity index (χ0v) is 7.82. The molecule has 0 aliphatic rings. The topological polar surface area (TPSA) is 20.2 Å². The molecule has 0 rings (SSSR count). The number of unbranched alkanes of at least 4 members (excludes halogenated alkanes) is 1. The van der Waals surface area contributed by atoms with Gasteiger partial charge in [-0.15, -0.1) is 0 Å². The molecule has 1 N–H and O–H groups in total. The van der Waals surface area contributed by atoms with Crippen LogP contribution < -0.4 is 0 Å². The third-order valence-electron chi connectivity index (χ3n) is 1.90. The molecule has 0 amide bonds. The van der Waals surface area contributed by atoms with Crippen molar-refractivity contribution in [1.29, 1.82) is 0 Å². The number of aliphatic hydroxyl groups excluding tert-OH is 1. The van der Waals surface area contributed by atoms with Crippen LogP contribution in [-0.2, 0) is 0 Å². The van der Waals surface area contributed by atoms with Crippen molar-refractivity contribution >= 4 is 0 Å². The van der Waals surface area contributed by atoms with E-state index < -0.39 is 12.0 Å². The van der Waals surface area contributed by atoms with Gasteiger partial charge >= 0.3 is 0 Å². The Bertz CT molecular complexity index is 115. The molecule has 0 aromatic heterocycles. The molecule has 0 fully saturated rings. The Morgan fingerprint density at radius 1 is 1.25 bits per heavy atom. The van der Waals surface area contributed by atoms with E-state index in [1.54, 1.807) is 6.92 Å². The Hall–Kier alpha value is -0.180. The molecule has 1 nitrogen and oxygen atoms in total. The number of hydrogen-bond acceptors (Lipinski definition) is 1. The summed E-state index contributed by atoms with van der Waals surface area (Å²) in [7, 11) is 0. The van der Waals surface area contributed by atoms with E-state index in [2.05, 4.69) is 0 Å². The van der Waals surface area contributed by atoms with Gasteiger partial charge in [-0.2, -0.15) is 0 Å². The minimum absolute atomic E-state index is 0.210. The van der Waals surface area contributed by atoms with Crippen molar-refractivity contribution in [1.82, 2.24) is 0 Å². The second-order valence-electron chi connectivity index (χ2n) is 3.17. The molecule has 12 heavy (non-hydrogen) atoms. The quantitative estimate of drug-likeness (QED) is 0.666. The number of rotatable bonds is 6. The third-order valence-corrected chi connectivity index (χ3v) is 1.90. The number of aliphatic hydroxyl groups is 1. The molecule has 0 saturated heterocycles. The van der Waals surface area contributed by atoms with Crippen LogP contribution in [-0.4, -0.2) is 17.1 Å². The largest absolute Gasteiger partial charge is 0.387 e. The van der Waals surface area contributed by atoms with E-state index in [0.29, 0.717) is 12.8 Å². The molecule has 0 bridgehead atoms. The predicted molar refractivity (Wildman–Crippen MR) is 45.4 cm³/mol. The first-order valence-electron chi connectivity index (χ1n) is 4.60. The van der Waals surface area contributed by atoms with Crippen LogP contribution in [0.1, 0.15) is 46.0 Å². The summed E-state index contributed by atoms with van der Waals surface area (Å²) >= 11 is 0. The first-order chi connectivity index (χ1) is 5.54. The van der Waals surface area contributed by atoms with Gasteiger partial charge in [0.15, 0.2) is 0 Å². The minimum Gasteiger partial charge on any atom is -0.387 e.